The summed E-state index contributed by atoms with van der Waals surface area (Å²) in [5.41, 5.74) is 1.31. The summed E-state index contributed by atoms with van der Waals surface area (Å²) in [6.07, 6.45) is 0. The molecule has 1 aromatic heterocycles. The van der Waals surface area contributed by atoms with Gasteiger partial charge in [0.1, 0.15) is 11.5 Å². The van der Waals surface area contributed by atoms with E-state index < -0.39 is 5.97 Å². The van der Waals surface area contributed by atoms with Gasteiger partial charge in [0, 0.05) is 17.1 Å². The van der Waals surface area contributed by atoms with Gasteiger partial charge in [-0.3, -0.25) is 4.79 Å². The number of pyridine rings is 1. The third kappa shape index (κ3) is 4.33. The second kappa shape index (κ2) is 8.18. The average Bonchev–Trinajstić information content (AvgIpc) is 2.71. The van der Waals surface area contributed by atoms with Gasteiger partial charge in [-0.1, -0.05) is 12.1 Å². The van der Waals surface area contributed by atoms with Crippen molar-refractivity contribution in [3.63, 3.8) is 0 Å². The number of aromatic nitrogens is 1. The highest BCUT2D eigenvalue weighted by atomic mass is 16.5. The number of nitrogens with one attached hydrogen (secondary N) is 1. The standard InChI is InChI=1S/C20H18N2O5/c1-25-14-9-7-13(8-10-14)21-19(23)12-27-18-11-17(20(24)26-2)22-16-6-4-3-5-15(16)18/h3-11H,12H2,1-2H3,(H,21,23). The fraction of sp³-hybridized carbons (Fsp3) is 0.150. The Labute approximate surface area is 155 Å². The van der Waals surface area contributed by atoms with Crippen LogP contribution in [0.5, 0.6) is 11.5 Å². The maximum absolute atomic E-state index is 12.2. The predicted octanol–water partition coefficient (Wildman–Crippen LogP) is 3.05. The van der Waals surface area contributed by atoms with E-state index in [0.29, 0.717) is 28.1 Å². The van der Waals surface area contributed by atoms with Crippen LogP contribution in [0.3, 0.4) is 0 Å². The molecule has 1 amide bonds. The normalized spacial score (nSPS) is 10.3. The summed E-state index contributed by atoms with van der Waals surface area (Å²) < 4.78 is 15.4. The number of amides is 1. The number of benzene rings is 2. The molecule has 3 aromatic rings. The maximum atomic E-state index is 12.2. The number of para-hydroxylation sites is 1. The Morgan fingerprint density at radius 1 is 1.04 bits per heavy atom. The zero-order valence-electron chi connectivity index (χ0n) is 14.9. The van der Waals surface area contributed by atoms with Crippen molar-refractivity contribution in [2.75, 3.05) is 26.1 Å². The van der Waals surface area contributed by atoms with Crippen molar-refractivity contribution in [1.29, 1.82) is 0 Å². The molecule has 138 valence electrons. The molecule has 0 aliphatic rings. The number of esters is 1. The minimum Gasteiger partial charge on any atom is -0.497 e. The number of nitrogens with zero attached hydrogens (tertiary/aromatic N) is 1. The summed E-state index contributed by atoms with van der Waals surface area (Å²) in [6.45, 7) is -0.222. The number of ether oxygens (including phenoxy) is 3. The summed E-state index contributed by atoms with van der Waals surface area (Å²) in [4.78, 5) is 28.2. The topological polar surface area (TPSA) is 86.8 Å². The van der Waals surface area contributed by atoms with Crippen LogP contribution in [-0.4, -0.2) is 37.7 Å². The van der Waals surface area contributed by atoms with E-state index in [9.17, 15) is 9.59 Å². The van der Waals surface area contributed by atoms with Crippen molar-refractivity contribution >= 4 is 28.5 Å². The van der Waals surface area contributed by atoms with E-state index >= 15 is 0 Å². The molecule has 27 heavy (non-hydrogen) atoms. The zero-order chi connectivity index (χ0) is 19.2. The SMILES string of the molecule is COC(=O)c1cc(OCC(=O)Nc2ccc(OC)cc2)c2ccccc2n1. The molecule has 1 heterocycles. The molecule has 2 aromatic carbocycles. The average molecular weight is 366 g/mol. The van der Waals surface area contributed by atoms with Crippen LogP contribution in [0.2, 0.25) is 0 Å². The van der Waals surface area contributed by atoms with Gasteiger partial charge in [0.05, 0.1) is 19.7 Å². The van der Waals surface area contributed by atoms with Gasteiger partial charge in [0.15, 0.2) is 12.3 Å². The van der Waals surface area contributed by atoms with Crippen LogP contribution < -0.4 is 14.8 Å². The largest absolute Gasteiger partial charge is 0.497 e. The fourth-order valence-electron chi connectivity index (χ4n) is 2.49. The van der Waals surface area contributed by atoms with Crippen LogP contribution >= 0.6 is 0 Å². The number of carbonyl (C=O) groups is 2. The maximum Gasteiger partial charge on any atom is 0.356 e. The quantitative estimate of drug-likeness (QED) is 0.675. The number of rotatable bonds is 6. The third-order valence-electron chi connectivity index (χ3n) is 3.81. The second-order valence-electron chi connectivity index (χ2n) is 5.58. The van der Waals surface area contributed by atoms with Gasteiger partial charge in [0.25, 0.3) is 5.91 Å². The predicted molar refractivity (Wildman–Crippen MR) is 100 cm³/mol. The molecule has 0 saturated heterocycles. The highest BCUT2D eigenvalue weighted by Gasteiger charge is 2.14. The lowest BCUT2D eigenvalue weighted by atomic mass is 10.2. The second-order valence-corrected chi connectivity index (χ2v) is 5.58. The van der Waals surface area contributed by atoms with Gasteiger partial charge in [-0.15, -0.1) is 0 Å². The molecule has 0 aliphatic heterocycles. The molecule has 0 aliphatic carbocycles. The van der Waals surface area contributed by atoms with E-state index in [0.717, 1.165) is 0 Å². The minimum atomic E-state index is -0.576. The van der Waals surface area contributed by atoms with Crippen molar-refractivity contribution in [2.24, 2.45) is 0 Å². The molecular weight excluding hydrogens is 348 g/mol. The summed E-state index contributed by atoms with van der Waals surface area (Å²) in [5, 5.41) is 3.43. The molecule has 7 nitrogen and oxygen atoms in total. The van der Waals surface area contributed by atoms with Crippen molar-refractivity contribution in [2.45, 2.75) is 0 Å². The van der Waals surface area contributed by atoms with E-state index in [1.165, 1.54) is 13.2 Å². The molecule has 0 spiro atoms. The first-order valence-corrected chi connectivity index (χ1v) is 8.15. The smallest absolute Gasteiger partial charge is 0.356 e. The number of hydrogen-bond acceptors (Lipinski definition) is 6. The van der Waals surface area contributed by atoms with Crippen LogP contribution in [0.1, 0.15) is 10.5 Å². The third-order valence-corrected chi connectivity index (χ3v) is 3.81. The van der Waals surface area contributed by atoms with Crippen LogP contribution in [0.4, 0.5) is 5.69 Å². The first-order valence-electron chi connectivity index (χ1n) is 8.15. The molecule has 0 radical (unpaired) electrons. The lowest BCUT2D eigenvalue weighted by Crippen LogP contribution is -2.20. The zero-order valence-corrected chi connectivity index (χ0v) is 14.9. The number of carbonyl (C=O) groups excluding carboxylic acids is 2. The van der Waals surface area contributed by atoms with Crippen LogP contribution in [-0.2, 0) is 9.53 Å². The molecular formula is C20H18N2O5. The molecule has 0 atom stereocenters. The lowest BCUT2D eigenvalue weighted by Gasteiger charge is -2.11. The first-order chi connectivity index (χ1) is 13.1. The highest BCUT2D eigenvalue weighted by molar-refractivity contribution is 5.95. The number of fused-ring (bicyclic) bond motifs is 1. The molecule has 0 fully saturated rings. The Bertz CT molecular complexity index is 970. The summed E-state index contributed by atoms with van der Waals surface area (Å²) in [6, 6.07) is 15.6. The van der Waals surface area contributed by atoms with E-state index in [1.807, 2.05) is 6.07 Å². The van der Waals surface area contributed by atoms with E-state index in [-0.39, 0.29) is 18.2 Å². The molecule has 0 unspecified atom stereocenters. The summed E-state index contributed by atoms with van der Waals surface area (Å²) in [7, 11) is 2.85. The molecule has 0 saturated carbocycles. The lowest BCUT2D eigenvalue weighted by molar-refractivity contribution is -0.118. The molecule has 3 rings (SSSR count). The number of anilines is 1. The Hall–Kier alpha value is -3.61. The monoisotopic (exact) mass is 366 g/mol. The van der Waals surface area contributed by atoms with Crippen LogP contribution in [0.15, 0.2) is 54.6 Å². The molecule has 7 heteroatoms. The molecule has 0 bridgehead atoms. The number of methoxy groups -OCH3 is 2. The Morgan fingerprint density at radius 2 is 1.78 bits per heavy atom. The van der Waals surface area contributed by atoms with E-state index in [4.69, 9.17) is 14.2 Å². The highest BCUT2D eigenvalue weighted by Crippen LogP contribution is 2.26. The van der Waals surface area contributed by atoms with Crippen LogP contribution in [0.25, 0.3) is 10.9 Å². The Morgan fingerprint density at radius 3 is 2.48 bits per heavy atom. The number of hydrogen-bond donors (Lipinski definition) is 1. The van der Waals surface area contributed by atoms with E-state index in [1.54, 1.807) is 49.6 Å². The minimum absolute atomic E-state index is 0.113. The van der Waals surface area contributed by atoms with Gasteiger partial charge in [-0.2, -0.15) is 0 Å². The van der Waals surface area contributed by atoms with Gasteiger partial charge >= 0.3 is 5.97 Å². The summed E-state index contributed by atoms with van der Waals surface area (Å²) >= 11 is 0. The van der Waals surface area contributed by atoms with Crippen molar-refractivity contribution in [3.05, 3.63) is 60.3 Å². The van der Waals surface area contributed by atoms with Gasteiger partial charge < -0.3 is 19.5 Å². The van der Waals surface area contributed by atoms with Gasteiger partial charge in [-0.25, -0.2) is 9.78 Å². The Balaban J connectivity index is 1.75. The van der Waals surface area contributed by atoms with Gasteiger partial charge in [0.2, 0.25) is 0 Å². The van der Waals surface area contributed by atoms with Crippen molar-refractivity contribution in [3.8, 4) is 11.5 Å². The molecule has 1 N–H and O–H groups in total. The van der Waals surface area contributed by atoms with Gasteiger partial charge in [-0.05, 0) is 36.4 Å². The summed E-state index contributed by atoms with van der Waals surface area (Å²) in [5.74, 6) is 0.169. The van der Waals surface area contributed by atoms with E-state index in [2.05, 4.69) is 10.3 Å². The van der Waals surface area contributed by atoms with Crippen LogP contribution in [0, 0.1) is 0 Å². The van der Waals surface area contributed by atoms with Crippen molar-refractivity contribution in [1.82, 2.24) is 4.98 Å². The van der Waals surface area contributed by atoms with Crippen molar-refractivity contribution < 1.29 is 23.8 Å². The Kier molecular flexibility index (Phi) is 5.51. The fourth-order valence-corrected chi connectivity index (χ4v) is 2.49. The first kappa shape index (κ1) is 18.2.